The number of aliphatic imine (C=N–C) groups is 1. The molecule has 6 nitrogen and oxygen atoms in total. The smallest absolute Gasteiger partial charge is 0.379 e. The molecule has 27 heavy (non-hydrogen) atoms. The first-order valence-electron chi connectivity index (χ1n) is 9.25. The number of nitrogens with zero attached hydrogens (tertiary/aromatic N) is 3. The Hall–Kier alpha value is -2.03. The van der Waals surface area contributed by atoms with Crippen LogP contribution in [-0.2, 0) is 10.9 Å². The minimum atomic E-state index is -4.44. The molecule has 0 aromatic carbocycles. The van der Waals surface area contributed by atoms with Gasteiger partial charge in [-0.25, -0.2) is 4.98 Å². The van der Waals surface area contributed by atoms with Crippen molar-refractivity contribution in [2.45, 2.75) is 25.9 Å². The predicted octanol–water partition coefficient (Wildman–Crippen LogP) is 2.84. The summed E-state index contributed by atoms with van der Waals surface area (Å²) in [7, 11) is 1.91. The van der Waals surface area contributed by atoms with Crippen molar-refractivity contribution >= 4 is 11.8 Å². The Balaban J connectivity index is 1.80. The summed E-state index contributed by atoms with van der Waals surface area (Å²) >= 11 is 0. The fourth-order valence-corrected chi connectivity index (χ4v) is 2.42. The van der Waals surface area contributed by atoms with Crippen LogP contribution in [0, 0.1) is 5.92 Å². The summed E-state index contributed by atoms with van der Waals surface area (Å²) in [5, 5.41) is 5.89. The monoisotopic (exact) mass is 387 g/mol. The van der Waals surface area contributed by atoms with Crippen LogP contribution < -0.4 is 10.6 Å². The number of aromatic nitrogens is 1. The summed E-state index contributed by atoms with van der Waals surface area (Å²) in [6.45, 7) is 5.39. The molecule has 0 amide bonds. The highest BCUT2D eigenvalue weighted by atomic mass is 19.4. The lowest BCUT2D eigenvalue weighted by Crippen LogP contribution is -2.41. The van der Waals surface area contributed by atoms with Crippen LogP contribution in [0.2, 0.25) is 0 Å². The zero-order chi connectivity index (χ0) is 19.7. The van der Waals surface area contributed by atoms with Crippen LogP contribution in [0.3, 0.4) is 0 Å². The van der Waals surface area contributed by atoms with Crippen LogP contribution in [0.15, 0.2) is 23.3 Å². The molecular formula is C18H28F3N5O. The SMILES string of the molecule is CCNC(=NCCNc1ncccc1C(F)(F)F)N(C)CCOCC1CC1. The van der Waals surface area contributed by atoms with E-state index in [1.165, 1.54) is 25.1 Å². The maximum atomic E-state index is 13.0. The molecule has 1 aliphatic rings. The molecule has 9 heteroatoms. The Morgan fingerprint density at radius 1 is 1.41 bits per heavy atom. The highest BCUT2D eigenvalue weighted by Crippen LogP contribution is 2.33. The lowest BCUT2D eigenvalue weighted by molar-refractivity contribution is -0.137. The zero-order valence-electron chi connectivity index (χ0n) is 15.9. The molecule has 0 aliphatic heterocycles. The quantitative estimate of drug-likeness (QED) is 0.367. The van der Waals surface area contributed by atoms with Crippen LogP contribution in [0.1, 0.15) is 25.3 Å². The van der Waals surface area contributed by atoms with Gasteiger partial charge in [-0.1, -0.05) is 0 Å². The largest absolute Gasteiger partial charge is 0.419 e. The standard InChI is InChI=1S/C18H28F3N5O/c1-3-22-17(26(2)11-12-27-13-14-6-7-14)25-10-9-24-16-15(18(19,20)21)5-4-8-23-16/h4-5,8,14H,3,6-7,9-13H2,1-2H3,(H,22,25)(H,23,24). The second-order valence-corrected chi connectivity index (χ2v) is 6.50. The van der Waals surface area contributed by atoms with E-state index in [1.807, 2.05) is 18.9 Å². The molecule has 0 saturated heterocycles. The van der Waals surface area contributed by atoms with Crippen LogP contribution in [0.25, 0.3) is 0 Å². The third-order valence-corrected chi connectivity index (χ3v) is 4.10. The number of nitrogens with one attached hydrogen (secondary N) is 2. The molecule has 0 atom stereocenters. The number of likely N-dealkylation sites (N-methyl/N-ethyl adjacent to an activating group) is 1. The number of pyridine rings is 1. The van der Waals surface area contributed by atoms with Gasteiger partial charge in [0, 0.05) is 39.5 Å². The molecule has 0 spiro atoms. The highest BCUT2D eigenvalue weighted by Gasteiger charge is 2.33. The number of ether oxygens (including phenoxy) is 1. The Morgan fingerprint density at radius 3 is 2.85 bits per heavy atom. The second-order valence-electron chi connectivity index (χ2n) is 6.50. The number of hydrogen-bond donors (Lipinski definition) is 2. The van der Waals surface area contributed by atoms with E-state index >= 15 is 0 Å². The third-order valence-electron chi connectivity index (χ3n) is 4.10. The molecule has 0 unspecified atom stereocenters. The van der Waals surface area contributed by atoms with Gasteiger partial charge in [0.2, 0.25) is 0 Å². The van der Waals surface area contributed by atoms with Crippen molar-refractivity contribution in [2.24, 2.45) is 10.9 Å². The van der Waals surface area contributed by atoms with E-state index in [2.05, 4.69) is 20.6 Å². The van der Waals surface area contributed by atoms with Crippen LogP contribution in [0.5, 0.6) is 0 Å². The summed E-state index contributed by atoms with van der Waals surface area (Å²) in [4.78, 5) is 10.2. The Kier molecular flexibility index (Phi) is 8.15. The first-order chi connectivity index (χ1) is 12.9. The minimum Gasteiger partial charge on any atom is -0.379 e. The first kappa shape index (κ1) is 21.3. The van der Waals surface area contributed by atoms with E-state index in [4.69, 9.17) is 4.74 Å². The van der Waals surface area contributed by atoms with E-state index in [1.54, 1.807) is 0 Å². The van der Waals surface area contributed by atoms with Gasteiger partial charge in [0.15, 0.2) is 5.96 Å². The molecule has 2 rings (SSSR count). The number of guanidine groups is 1. The maximum Gasteiger partial charge on any atom is 0.419 e. The third kappa shape index (κ3) is 7.62. The van der Waals surface area contributed by atoms with E-state index < -0.39 is 11.7 Å². The van der Waals surface area contributed by atoms with Crippen molar-refractivity contribution in [2.75, 3.05) is 51.8 Å². The summed E-state index contributed by atoms with van der Waals surface area (Å²) in [6, 6.07) is 2.29. The molecule has 152 valence electrons. The van der Waals surface area contributed by atoms with Crippen LogP contribution in [-0.4, -0.2) is 62.3 Å². The van der Waals surface area contributed by atoms with Gasteiger partial charge in [-0.2, -0.15) is 13.2 Å². The van der Waals surface area contributed by atoms with Gasteiger partial charge in [-0.15, -0.1) is 0 Å². The van der Waals surface area contributed by atoms with Crippen molar-refractivity contribution in [1.29, 1.82) is 0 Å². The van der Waals surface area contributed by atoms with E-state index in [9.17, 15) is 13.2 Å². The van der Waals surface area contributed by atoms with Gasteiger partial charge in [0.1, 0.15) is 5.82 Å². The van der Waals surface area contributed by atoms with Crippen molar-refractivity contribution in [3.63, 3.8) is 0 Å². The molecule has 1 saturated carbocycles. The van der Waals surface area contributed by atoms with Crippen molar-refractivity contribution in [3.8, 4) is 0 Å². The number of alkyl halides is 3. The lowest BCUT2D eigenvalue weighted by Gasteiger charge is -2.22. The van der Waals surface area contributed by atoms with Gasteiger partial charge in [0.05, 0.1) is 18.7 Å². The van der Waals surface area contributed by atoms with E-state index in [0.29, 0.717) is 32.2 Å². The predicted molar refractivity (Wildman–Crippen MR) is 99.9 cm³/mol. The van der Waals surface area contributed by atoms with E-state index in [-0.39, 0.29) is 12.4 Å². The molecule has 1 aromatic heterocycles. The summed E-state index contributed by atoms with van der Waals surface area (Å²) in [5.41, 5.74) is -0.772. The Morgan fingerprint density at radius 2 is 2.19 bits per heavy atom. The molecule has 0 radical (unpaired) electrons. The number of hydrogen-bond acceptors (Lipinski definition) is 4. The zero-order valence-corrected chi connectivity index (χ0v) is 15.9. The minimum absolute atomic E-state index is 0.174. The lowest BCUT2D eigenvalue weighted by atomic mass is 10.2. The van der Waals surface area contributed by atoms with Gasteiger partial charge in [0.25, 0.3) is 0 Å². The van der Waals surface area contributed by atoms with Crippen LogP contribution >= 0.6 is 0 Å². The molecular weight excluding hydrogens is 359 g/mol. The highest BCUT2D eigenvalue weighted by molar-refractivity contribution is 5.79. The van der Waals surface area contributed by atoms with Crippen molar-refractivity contribution in [1.82, 2.24) is 15.2 Å². The molecule has 0 bridgehead atoms. The molecule has 1 fully saturated rings. The maximum absolute atomic E-state index is 13.0. The average Bonchev–Trinajstić information content (AvgIpc) is 3.45. The van der Waals surface area contributed by atoms with Gasteiger partial charge >= 0.3 is 6.18 Å². The molecule has 1 aliphatic carbocycles. The van der Waals surface area contributed by atoms with Gasteiger partial charge < -0.3 is 20.3 Å². The summed E-state index contributed by atoms with van der Waals surface area (Å²) in [6.07, 6.45) is -0.575. The Labute approximate surface area is 158 Å². The second kappa shape index (κ2) is 10.3. The fraction of sp³-hybridized carbons (Fsp3) is 0.667. The molecule has 1 heterocycles. The van der Waals surface area contributed by atoms with Gasteiger partial charge in [-0.05, 0) is 37.8 Å². The van der Waals surface area contributed by atoms with Gasteiger partial charge in [-0.3, -0.25) is 4.99 Å². The number of halogens is 3. The number of rotatable bonds is 10. The first-order valence-corrected chi connectivity index (χ1v) is 9.25. The average molecular weight is 387 g/mol. The fourth-order valence-electron chi connectivity index (χ4n) is 2.42. The van der Waals surface area contributed by atoms with Crippen molar-refractivity contribution in [3.05, 3.63) is 23.9 Å². The molecule has 1 aromatic rings. The van der Waals surface area contributed by atoms with Crippen LogP contribution in [0.4, 0.5) is 19.0 Å². The Bertz CT molecular complexity index is 605. The number of anilines is 1. The summed E-state index contributed by atoms with van der Waals surface area (Å²) in [5.74, 6) is 1.26. The summed E-state index contributed by atoms with van der Waals surface area (Å²) < 4.78 is 44.5. The van der Waals surface area contributed by atoms with E-state index in [0.717, 1.165) is 18.6 Å². The normalized spacial score (nSPS) is 14.9. The molecule has 2 N–H and O–H groups in total. The topological polar surface area (TPSA) is 61.8 Å². The van der Waals surface area contributed by atoms with Crippen molar-refractivity contribution < 1.29 is 17.9 Å².